The van der Waals surface area contributed by atoms with Gasteiger partial charge in [-0.2, -0.15) is 11.8 Å². The quantitative estimate of drug-likeness (QED) is 0.626. The molecule has 0 heterocycles. The van der Waals surface area contributed by atoms with Gasteiger partial charge in [0.25, 0.3) is 0 Å². The molecule has 0 radical (unpaired) electrons. The van der Waals surface area contributed by atoms with E-state index in [4.69, 9.17) is 5.73 Å². The van der Waals surface area contributed by atoms with Crippen LogP contribution >= 0.6 is 24.2 Å². The van der Waals surface area contributed by atoms with Crippen LogP contribution in [0.2, 0.25) is 0 Å². The summed E-state index contributed by atoms with van der Waals surface area (Å²) in [7, 11) is 0. The summed E-state index contributed by atoms with van der Waals surface area (Å²) >= 11 is 1.68. The second kappa shape index (κ2) is 12.2. The molecule has 4 N–H and O–H groups in total. The molecule has 1 aromatic carbocycles. The summed E-state index contributed by atoms with van der Waals surface area (Å²) in [4.78, 5) is 24.3. The molecule has 1 aliphatic carbocycles. The van der Waals surface area contributed by atoms with Gasteiger partial charge in [0.2, 0.25) is 11.8 Å². The van der Waals surface area contributed by atoms with E-state index in [0.29, 0.717) is 13.0 Å². The molecule has 0 spiro atoms. The highest BCUT2D eigenvalue weighted by Gasteiger charge is 2.21. The van der Waals surface area contributed by atoms with Crippen molar-refractivity contribution in [2.75, 3.05) is 17.3 Å². The fourth-order valence-corrected chi connectivity index (χ4v) is 3.55. The molecule has 26 heavy (non-hydrogen) atoms. The second-order valence-corrected chi connectivity index (χ2v) is 7.62. The maximum atomic E-state index is 12.3. The topological polar surface area (TPSA) is 84.2 Å². The molecule has 1 fully saturated rings. The Kier molecular flexibility index (Phi) is 10.7. The molecule has 0 aliphatic heterocycles. The Labute approximate surface area is 166 Å². The normalized spacial score (nSPS) is 15.6. The van der Waals surface area contributed by atoms with E-state index in [1.165, 1.54) is 6.42 Å². The summed E-state index contributed by atoms with van der Waals surface area (Å²) in [5, 5.41) is 5.88. The van der Waals surface area contributed by atoms with Gasteiger partial charge in [-0.25, -0.2) is 0 Å². The Bertz CT molecular complexity index is 580. The Morgan fingerprint density at radius 1 is 1.27 bits per heavy atom. The standard InChI is InChI=1S/C19H29N3O2S.ClH/c1-25-11-10-17(20)19(24)21-13-14-6-5-9-16(12-14)22-18(23)15-7-3-2-4-8-15;/h5-6,9,12,15,17H,2-4,7-8,10-11,13,20H2,1H3,(H,21,24)(H,22,23);1H/t17-;/m0./s1. The van der Waals surface area contributed by atoms with E-state index >= 15 is 0 Å². The number of nitrogens with one attached hydrogen (secondary N) is 2. The number of hydrogen-bond acceptors (Lipinski definition) is 4. The van der Waals surface area contributed by atoms with Crippen molar-refractivity contribution in [2.24, 2.45) is 11.7 Å². The lowest BCUT2D eigenvalue weighted by atomic mass is 9.88. The SMILES string of the molecule is CSCC[C@H](N)C(=O)NCc1cccc(NC(=O)C2CCCCC2)c1.Cl. The van der Waals surface area contributed by atoms with Crippen LogP contribution in [-0.2, 0) is 16.1 Å². The summed E-state index contributed by atoms with van der Waals surface area (Å²) in [6.45, 7) is 0.416. The van der Waals surface area contributed by atoms with Crippen molar-refractivity contribution >= 4 is 41.7 Å². The molecule has 0 saturated heterocycles. The Morgan fingerprint density at radius 3 is 2.69 bits per heavy atom. The minimum atomic E-state index is -0.471. The second-order valence-electron chi connectivity index (χ2n) is 6.63. The number of rotatable bonds is 8. The Balaban J connectivity index is 0.00000338. The lowest BCUT2D eigenvalue weighted by Crippen LogP contribution is -2.40. The third-order valence-corrected chi connectivity index (χ3v) is 5.25. The minimum Gasteiger partial charge on any atom is -0.351 e. The Morgan fingerprint density at radius 2 is 2.00 bits per heavy atom. The zero-order valence-electron chi connectivity index (χ0n) is 15.3. The summed E-state index contributed by atoms with van der Waals surface area (Å²) in [6.07, 6.45) is 8.15. The third-order valence-electron chi connectivity index (χ3n) is 4.61. The van der Waals surface area contributed by atoms with Crippen LogP contribution in [0.1, 0.15) is 44.1 Å². The number of benzene rings is 1. The Hall–Kier alpha value is -1.24. The molecule has 0 bridgehead atoms. The van der Waals surface area contributed by atoms with Gasteiger partial charge in [0.15, 0.2) is 0 Å². The monoisotopic (exact) mass is 399 g/mol. The van der Waals surface area contributed by atoms with E-state index in [0.717, 1.165) is 42.7 Å². The first-order valence-corrected chi connectivity index (χ1v) is 10.4. The van der Waals surface area contributed by atoms with Gasteiger partial charge >= 0.3 is 0 Å². The van der Waals surface area contributed by atoms with Gasteiger partial charge < -0.3 is 16.4 Å². The molecule has 0 aromatic heterocycles. The van der Waals surface area contributed by atoms with Crippen molar-refractivity contribution in [3.8, 4) is 0 Å². The molecular weight excluding hydrogens is 370 g/mol. The van der Waals surface area contributed by atoms with Crippen molar-refractivity contribution in [3.63, 3.8) is 0 Å². The number of carbonyl (C=O) groups is 2. The van der Waals surface area contributed by atoms with Crippen LogP contribution < -0.4 is 16.4 Å². The van der Waals surface area contributed by atoms with Crippen LogP contribution in [0.3, 0.4) is 0 Å². The van der Waals surface area contributed by atoms with Gasteiger partial charge in [0.1, 0.15) is 0 Å². The lowest BCUT2D eigenvalue weighted by molar-refractivity contribution is -0.122. The van der Waals surface area contributed by atoms with Gasteiger partial charge in [-0.05, 0) is 49.0 Å². The van der Waals surface area contributed by atoms with Crippen molar-refractivity contribution < 1.29 is 9.59 Å². The molecule has 1 saturated carbocycles. The molecule has 0 unspecified atom stereocenters. The first-order valence-electron chi connectivity index (χ1n) is 9.02. The van der Waals surface area contributed by atoms with E-state index in [-0.39, 0.29) is 30.1 Å². The summed E-state index contributed by atoms with van der Waals surface area (Å²) < 4.78 is 0. The first kappa shape index (κ1) is 22.8. The molecule has 1 atom stereocenters. The van der Waals surface area contributed by atoms with Gasteiger partial charge in [-0.15, -0.1) is 12.4 Å². The number of amides is 2. The highest BCUT2D eigenvalue weighted by atomic mass is 35.5. The molecule has 1 aromatic rings. The number of anilines is 1. The maximum absolute atomic E-state index is 12.3. The van der Waals surface area contributed by atoms with E-state index in [9.17, 15) is 9.59 Å². The van der Waals surface area contributed by atoms with Crippen LogP contribution in [0, 0.1) is 5.92 Å². The van der Waals surface area contributed by atoms with Crippen LogP contribution in [0.15, 0.2) is 24.3 Å². The van der Waals surface area contributed by atoms with Crippen molar-refractivity contribution in [1.29, 1.82) is 0 Å². The molecule has 5 nitrogen and oxygen atoms in total. The van der Waals surface area contributed by atoms with E-state index in [1.54, 1.807) is 11.8 Å². The molecular formula is C19H30ClN3O2S. The van der Waals surface area contributed by atoms with Gasteiger partial charge in [0.05, 0.1) is 6.04 Å². The lowest BCUT2D eigenvalue weighted by Gasteiger charge is -2.21. The van der Waals surface area contributed by atoms with Crippen molar-refractivity contribution in [3.05, 3.63) is 29.8 Å². The van der Waals surface area contributed by atoms with Crippen LogP contribution in [0.25, 0.3) is 0 Å². The number of carbonyl (C=O) groups excluding carboxylic acids is 2. The average Bonchev–Trinajstić information content (AvgIpc) is 2.65. The molecule has 1 aliphatic rings. The fraction of sp³-hybridized carbons (Fsp3) is 0.579. The maximum Gasteiger partial charge on any atom is 0.237 e. The van der Waals surface area contributed by atoms with E-state index in [1.807, 2.05) is 30.5 Å². The zero-order chi connectivity index (χ0) is 18.1. The highest BCUT2D eigenvalue weighted by molar-refractivity contribution is 7.98. The van der Waals surface area contributed by atoms with Crippen LogP contribution in [-0.4, -0.2) is 29.9 Å². The van der Waals surface area contributed by atoms with E-state index in [2.05, 4.69) is 10.6 Å². The largest absolute Gasteiger partial charge is 0.351 e. The van der Waals surface area contributed by atoms with Gasteiger partial charge in [0, 0.05) is 18.2 Å². The molecule has 7 heteroatoms. The zero-order valence-corrected chi connectivity index (χ0v) is 17.0. The fourth-order valence-electron chi connectivity index (χ4n) is 3.06. The summed E-state index contributed by atoms with van der Waals surface area (Å²) in [5.41, 5.74) is 7.60. The van der Waals surface area contributed by atoms with Crippen molar-refractivity contribution in [1.82, 2.24) is 5.32 Å². The minimum absolute atomic E-state index is 0. The average molecular weight is 400 g/mol. The summed E-state index contributed by atoms with van der Waals surface area (Å²) in [5.74, 6) is 0.981. The predicted octanol–water partition coefficient (Wildman–Crippen LogP) is 3.32. The van der Waals surface area contributed by atoms with E-state index < -0.39 is 6.04 Å². The number of nitrogens with two attached hydrogens (primary N) is 1. The number of halogens is 1. The smallest absolute Gasteiger partial charge is 0.237 e. The molecule has 2 amide bonds. The molecule has 146 valence electrons. The number of thioether (sulfide) groups is 1. The van der Waals surface area contributed by atoms with Crippen LogP contribution in [0.5, 0.6) is 0 Å². The highest BCUT2D eigenvalue weighted by Crippen LogP contribution is 2.25. The third kappa shape index (κ3) is 7.56. The van der Waals surface area contributed by atoms with Gasteiger partial charge in [-0.3, -0.25) is 9.59 Å². The summed E-state index contributed by atoms with van der Waals surface area (Å²) in [6, 6.07) is 7.15. The van der Waals surface area contributed by atoms with Crippen LogP contribution in [0.4, 0.5) is 5.69 Å². The molecule has 2 rings (SSSR count). The number of hydrogen-bond donors (Lipinski definition) is 3. The first-order chi connectivity index (χ1) is 12.1. The van der Waals surface area contributed by atoms with Gasteiger partial charge in [-0.1, -0.05) is 31.4 Å². The predicted molar refractivity (Wildman–Crippen MR) is 112 cm³/mol. The van der Waals surface area contributed by atoms with Crippen molar-refractivity contribution in [2.45, 2.75) is 51.1 Å².